The van der Waals surface area contributed by atoms with Gasteiger partial charge in [0.05, 0.1) is 6.61 Å². The van der Waals surface area contributed by atoms with Gasteiger partial charge in [-0.05, 0) is 24.5 Å². The molecule has 0 saturated heterocycles. The quantitative estimate of drug-likeness (QED) is 0.507. The Labute approximate surface area is 117 Å². The first-order valence-corrected chi connectivity index (χ1v) is 7.00. The molecule has 1 aromatic rings. The van der Waals surface area contributed by atoms with Crippen LogP contribution >= 0.6 is 0 Å². The average molecular weight is 291 g/mol. The monoisotopic (exact) mass is 291 g/mol. The molecule has 1 rings (SSSR count). The molecule has 1 unspecified atom stereocenters. The van der Waals surface area contributed by atoms with E-state index in [0.29, 0.717) is 0 Å². The van der Waals surface area contributed by atoms with E-state index in [9.17, 15) is 17.3 Å². The summed E-state index contributed by atoms with van der Waals surface area (Å²) in [6.45, 7) is -0.814. The maximum atomic E-state index is 13.5. The number of hydrogen-bond donors (Lipinski definition) is 0. The summed E-state index contributed by atoms with van der Waals surface area (Å²) < 4.78 is 56.6. The lowest BCUT2D eigenvalue weighted by atomic mass is 9.80. The van der Waals surface area contributed by atoms with Gasteiger partial charge in [0.25, 0.3) is 0 Å². The fourth-order valence-corrected chi connectivity index (χ4v) is 1.94. The lowest BCUT2D eigenvalue weighted by Gasteiger charge is -2.19. The van der Waals surface area contributed by atoms with Crippen LogP contribution in [0.15, 0.2) is 18.2 Å². The topological polar surface area (TPSA) is 9.23 Å². The van der Waals surface area contributed by atoms with Crippen molar-refractivity contribution in [2.24, 2.45) is 5.92 Å². The number of unbranched alkanes of at least 4 members (excludes halogenated alkanes) is 1. The fourth-order valence-electron chi connectivity index (χ4n) is 1.94. The molecule has 20 heavy (non-hydrogen) atoms. The lowest BCUT2D eigenvalue weighted by Crippen LogP contribution is -2.34. The standard InChI is InChI=1S/C14H20BF4O/c1-3-5-6-11(4-2)10-20-14-9-12(15(17,18)19)7-8-13(14)16/h7-9,11H,3-6,10H2,1-2H3/q-1. The van der Waals surface area contributed by atoms with Gasteiger partial charge in [0.1, 0.15) is 0 Å². The molecule has 0 aliphatic rings. The third kappa shape index (κ3) is 5.06. The molecule has 0 spiro atoms. The first-order chi connectivity index (χ1) is 9.38. The van der Waals surface area contributed by atoms with Crippen LogP contribution < -0.4 is 10.2 Å². The molecule has 6 heteroatoms. The minimum Gasteiger partial charge on any atom is -0.490 e. The highest BCUT2D eigenvalue weighted by Gasteiger charge is 2.26. The number of ether oxygens (including phenoxy) is 1. The third-order valence-electron chi connectivity index (χ3n) is 3.35. The molecule has 0 saturated carbocycles. The van der Waals surface area contributed by atoms with Crippen LogP contribution in [0, 0.1) is 11.7 Å². The highest BCUT2D eigenvalue weighted by atomic mass is 19.4. The summed E-state index contributed by atoms with van der Waals surface area (Å²) in [6.07, 6.45) is 3.90. The van der Waals surface area contributed by atoms with E-state index in [2.05, 4.69) is 6.92 Å². The van der Waals surface area contributed by atoms with Gasteiger partial charge < -0.3 is 17.7 Å². The molecule has 1 aromatic carbocycles. The van der Waals surface area contributed by atoms with Gasteiger partial charge in [-0.1, -0.05) is 39.2 Å². The van der Waals surface area contributed by atoms with E-state index in [1.54, 1.807) is 0 Å². The van der Waals surface area contributed by atoms with Crippen LogP contribution in [0.3, 0.4) is 0 Å². The summed E-state index contributed by atoms with van der Waals surface area (Å²) in [6, 6.07) is 2.31. The van der Waals surface area contributed by atoms with Crippen molar-refractivity contribution < 1.29 is 22.1 Å². The number of benzene rings is 1. The summed E-state index contributed by atoms with van der Waals surface area (Å²) in [4.78, 5) is 0. The van der Waals surface area contributed by atoms with Crippen molar-refractivity contribution in [3.63, 3.8) is 0 Å². The van der Waals surface area contributed by atoms with Crippen molar-refractivity contribution in [2.75, 3.05) is 6.61 Å². The highest BCUT2D eigenvalue weighted by molar-refractivity contribution is 6.73. The van der Waals surface area contributed by atoms with E-state index < -0.39 is 18.3 Å². The van der Waals surface area contributed by atoms with Crippen LogP contribution in [0.1, 0.15) is 39.5 Å². The zero-order valence-corrected chi connectivity index (χ0v) is 11.8. The number of rotatable bonds is 8. The normalized spacial score (nSPS) is 13.3. The Balaban J connectivity index is 2.71. The zero-order chi connectivity index (χ0) is 15.2. The van der Waals surface area contributed by atoms with E-state index in [1.165, 1.54) is 0 Å². The Morgan fingerprint density at radius 1 is 1.20 bits per heavy atom. The van der Waals surface area contributed by atoms with E-state index in [0.717, 1.165) is 43.9 Å². The number of hydrogen-bond acceptors (Lipinski definition) is 1. The summed E-state index contributed by atoms with van der Waals surface area (Å²) in [7, 11) is 0. The first-order valence-electron chi connectivity index (χ1n) is 7.00. The molecule has 0 radical (unpaired) electrons. The van der Waals surface area contributed by atoms with E-state index in [1.807, 2.05) is 6.92 Å². The second kappa shape index (κ2) is 7.55. The van der Waals surface area contributed by atoms with Crippen LogP contribution in [-0.2, 0) is 0 Å². The van der Waals surface area contributed by atoms with E-state index in [-0.39, 0.29) is 18.3 Å². The zero-order valence-electron chi connectivity index (χ0n) is 11.8. The van der Waals surface area contributed by atoms with Crippen molar-refractivity contribution in [2.45, 2.75) is 39.5 Å². The van der Waals surface area contributed by atoms with Crippen LogP contribution in [0.2, 0.25) is 0 Å². The summed E-state index contributed by atoms with van der Waals surface area (Å²) in [5.41, 5.74) is -0.831. The van der Waals surface area contributed by atoms with Crippen LogP contribution in [0.25, 0.3) is 0 Å². The van der Waals surface area contributed by atoms with Gasteiger partial charge in [0.2, 0.25) is 0 Å². The van der Waals surface area contributed by atoms with Crippen LogP contribution in [0.4, 0.5) is 17.3 Å². The Kier molecular flexibility index (Phi) is 6.36. The molecular formula is C14H20BF4O-. The second-order valence-corrected chi connectivity index (χ2v) is 4.99. The van der Waals surface area contributed by atoms with E-state index >= 15 is 0 Å². The highest BCUT2D eigenvalue weighted by Crippen LogP contribution is 2.21. The van der Waals surface area contributed by atoms with E-state index in [4.69, 9.17) is 4.74 Å². The first kappa shape index (κ1) is 16.9. The molecular weight excluding hydrogens is 271 g/mol. The maximum absolute atomic E-state index is 13.5. The van der Waals surface area contributed by atoms with Crippen molar-refractivity contribution >= 4 is 12.4 Å². The van der Waals surface area contributed by atoms with Gasteiger partial charge in [0, 0.05) is 0 Å². The minimum absolute atomic E-state index is 0.245. The Hall–Kier alpha value is -1.20. The molecule has 0 aromatic heterocycles. The molecule has 0 fully saturated rings. The van der Waals surface area contributed by atoms with Gasteiger partial charge in [-0.15, -0.1) is 5.46 Å². The predicted molar refractivity (Wildman–Crippen MR) is 73.9 cm³/mol. The Morgan fingerprint density at radius 2 is 1.90 bits per heavy atom. The van der Waals surface area contributed by atoms with Gasteiger partial charge >= 0.3 is 6.98 Å². The van der Waals surface area contributed by atoms with Crippen LogP contribution in [-0.4, -0.2) is 13.6 Å². The van der Waals surface area contributed by atoms with Gasteiger partial charge in [-0.3, -0.25) is 0 Å². The van der Waals surface area contributed by atoms with Crippen molar-refractivity contribution in [3.8, 4) is 5.75 Å². The van der Waals surface area contributed by atoms with Crippen molar-refractivity contribution in [1.29, 1.82) is 0 Å². The Morgan fingerprint density at radius 3 is 2.45 bits per heavy atom. The van der Waals surface area contributed by atoms with Gasteiger partial charge in [-0.2, -0.15) is 0 Å². The van der Waals surface area contributed by atoms with Crippen molar-refractivity contribution in [1.82, 2.24) is 0 Å². The van der Waals surface area contributed by atoms with Gasteiger partial charge in [-0.25, -0.2) is 4.39 Å². The maximum Gasteiger partial charge on any atom is 0.509 e. The fraction of sp³-hybridized carbons (Fsp3) is 0.571. The lowest BCUT2D eigenvalue weighted by molar-refractivity contribution is 0.225. The number of halogens is 4. The largest absolute Gasteiger partial charge is 0.509 e. The molecule has 1 nitrogen and oxygen atoms in total. The van der Waals surface area contributed by atoms with Gasteiger partial charge in [0.15, 0.2) is 11.6 Å². The molecule has 0 N–H and O–H groups in total. The molecule has 0 heterocycles. The third-order valence-corrected chi connectivity index (χ3v) is 3.35. The molecule has 1 atom stereocenters. The summed E-state index contributed by atoms with van der Waals surface area (Å²) in [5.74, 6) is -0.815. The Bertz CT molecular complexity index is 420. The smallest absolute Gasteiger partial charge is 0.490 e. The minimum atomic E-state index is -5.13. The second-order valence-electron chi connectivity index (χ2n) is 4.99. The molecule has 0 aliphatic carbocycles. The van der Waals surface area contributed by atoms with Crippen LogP contribution in [0.5, 0.6) is 5.75 Å². The SMILES string of the molecule is CCCCC(CC)COc1cc([B-](F)(F)F)ccc1F. The molecule has 0 aliphatic heterocycles. The summed E-state index contributed by atoms with van der Waals surface area (Å²) >= 11 is 0. The molecule has 0 bridgehead atoms. The summed E-state index contributed by atoms with van der Waals surface area (Å²) in [5, 5.41) is 0. The predicted octanol–water partition coefficient (Wildman–Crippen LogP) is 4.48. The molecule has 0 amide bonds. The average Bonchev–Trinajstić information content (AvgIpc) is 2.39. The van der Waals surface area contributed by atoms with Crippen molar-refractivity contribution in [3.05, 3.63) is 24.0 Å². The molecule has 114 valence electrons.